The molecule has 0 aromatic carbocycles. The highest BCUT2D eigenvalue weighted by molar-refractivity contribution is 6.82. The van der Waals surface area contributed by atoms with Crippen molar-refractivity contribution in [1.82, 2.24) is 4.90 Å². The number of hydrogen-bond acceptors (Lipinski definition) is 4. The Hall–Kier alpha value is -1.62. The molecule has 0 aromatic heterocycles. The largest absolute Gasteiger partial charge is 0.460 e. The Bertz CT molecular complexity index is 866. The van der Waals surface area contributed by atoms with Crippen molar-refractivity contribution in [2.24, 2.45) is 21.7 Å². The summed E-state index contributed by atoms with van der Waals surface area (Å²) in [4.78, 5) is 32.3. The van der Waals surface area contributed by atoms with E-state index < -0.39 is 0 Å². The van der Waals surface area contributed by atoms with Crippen LogP contribution < -0.4 is 0 Å². The molecule has 2 aliphatic rings. The molecule has 2 aliphatic carbocycles. The van der Waals surface area contributed by atoms with Crippen LogP contribution in [0.4, 0.5) is 0 Å². The maximum Gasteiger partial charge on any atom is 0.334 e. The monoisotopic (exact) mass is 520 g/mol. The molecule has 0 bridgehead atoms. The molecule has 0 aliphatic heterocycles. The van der Waals surface area contributed by atoms with Crippen LogP contribution in [-0.2, 0) is 14.3 Å². The van der Waals surface area contributed by atoms with E-state index in [0.717, 1.165) is 44.9 Å². The van der Waals surface area contributed by atoms with Crippen LogP contribution in [0.1, 0.15) is 107 Å². The van der Waals surface area contributed by atoms with Gasteiger partial charge >= 0.3 is 5.97 Å². The fraction of sp³-hybridized carbons (Fsp3) is 0.767. The number of nitrogens with zero attached hydrogens (tertiary/aromatic N) is 2. The van der Waals surface area contributed by atoms with Crippen LogP contribution in [0.2, 0.25) is 0 Å². The lowest BCUT2D eigenvalue weighted by molar-refractivity contribution is -0.142. The fourth-order valence-electron chi connectivity index (χ4n) is 5.45. The minimum absolute atomic E-state index is 0.0434. The van der Waals surface area contributed by atoms with Crippen LogP contribution in [0.15, 0.2) is 28.3 Å². The van der Waals surface area contributed by atoms with Crippen LogP contribution in [0, 0.1) is 16.7 Å². The van der Waals surface area contributed by atoms with Crippen molar-refractivity contribution in [3.05, 3.63) is 23.3 Å². The van der Waals surface area contributed by atoms with Gasteiger partial charge in [-0.2, -0.15) is 0 Å². The minimum Gasteiger partial charge on any atom is -0.460 e. The van der Waals surface area contributed by atoms with Gasteiger partial charge < -0.3 is 9.64 Å². The highest BCUT2D eigenvalue weighted by Crippen LogP contribution is 2.41. The number of carbonyl (C=O) groups excluding carboxylic acids is 2. The summed E-state index contributed by atoms with van der Waals surface area (Å²) in [5, 5.41) is 0.0434. The molecule has 6 heteroatoms. The molecule has 0 heterocycles. The zero-order chi connectivity index (χ0) is 27.3. The van der Waals surface area contributed by atoms with E-state index in [0.29, 0.717) is 17.9 Å². The number of hydrogen-bond donors (Lipinski definition) is 0. The topological polar surface area (TPSA) is 59.0 Å². The lowest BCUT2D eigenvalue weighted by Gasteiger charge is -2.45. The van der Waals surface area contributed by atoms with Gasteiger partial charge in [0.25, 0.3) is 5.91 Å². The quantitative estimate of drug-likeness (QED) is 0.246. The van der Waals surface area contributed by atoms with Crippen molar-refractivity contribution >= 4 is 28.6 Å². The summed E-state index contributed by atoms with van der Waals surface area (Å²) in [5.74, 6) is 0.230. The van der Waals surface area contributed by atoms with Crippen LogP contribution in [0.3, 0.4) is 0 Å². The smallest absolute Gasteiger partial charge is 0.334 e. The predicted molar refractivity (Wildman–Crippen MR) is 150 cm³/mol. The molecule has 1 saturated carbocycles. The molecule has 36 heavy (non-hydrogen) atoms. The number of aliphatic imine (C=N–C) groups is 1. The first-order valence-corrected chi connectivity index (χ1v) is 14.1. The molecule has 0 N–H and O–H groups in total. The van der Waals surface area contributed by atoms with E-state index in [1.54, 1.807) is 7.05 Å². The zero-order valence-electron chi connectivity index (χ0n) is 24.1. The van der Waals surface area contributed by atoms with Crippen molar-refractivity contribution in [3.63, 3.8) is 0 Å². The molecule has 1 amide bonds. The number of allylic oxidation sites excluding steroid dienone is 2. The lowest BCUT2D eigenvalue weighted by Crippen LogP contribution is -2.52. The Kier molecular flexibility index (Phi) is 10.8. The second-order valence-corrected chi connectivity index (χ2v) is 13.5. The van der Waals surface area contributed by atoms with Crippen molar-refractivity contribution in [1.29, 1.82) is 0 Å². The van der Waals surface area contributed by atoms with Gasteiger partial charge in [0.15, 0.2) is 5.17 Å². The molecule has 0 radical (unpaired) electrons. The third-order valence-corrected chi connectivity index (χ3v) is 7.97. The first-order chi connectivity index (χ1) is 16.6. The number of carbonyl (C=O) groups is 2. The first-order valence-electron chi connectivity index (χ1n) is 13.7. The predicted octanol–water partition coefficient (Wildman–Crippen LogP) is 7.48. The lowest BCUT2D eigenvalue weighted by atomic mass is 9.71. The molecule has 2 rings (SSSR count). The van der Waals surface area contributed by atoms with Gasteiger partial charge in [0.1, 0.15) is 0 Å². The van der Waals surface area contributed by atoms with Gasteiger partial charge in [-0.3, -0.25) is 9.79 Å². The van der Waals surface area contributed by atoms with Crippen LogP contribution in [-0.4, -0.2) is 47.2 Å². The van der Waals surface area contributed by atoms with E-state index >= 15 is 0 Å². The van der Waals surface area contributed by atoms with Gasteiger partial charge in [0.2, 0.25) is 0 Å². The maximum atomic E-state index is 13.7. The van der Waals surface area contributed by atoms with Gasteiger partial charge in [0, 0.05) is 18.7 Å². The molecule has 0 unspecified atom stereocenters. The summed E-state index contributed by atoms with van der Waals surface area (Å²) in [6.07, 6.45) is 11.1. The molecule has 0 aromatic rings. The maximum absolute atomic E-state index is 13.7. The number of rotatable bonds is 8. The number of esters is 1. The third kappa shape index (κ3) is 8.75. The molecule has 204 valence electrons. The van der Waals surface area contributed by atoms with E-state index in [-0.39, 0.29) is 46.1 Å². The molecule has 1 atom stereocenters. The Morgan fingerprint density at radius 2 is 1.67 bits per heavy atom. The number of ether oxygens (including phenoxy) is 1. The van der Waals surface area contributed by atoms with E-state index in [1.807, 2.05) is 26.0 Å². The van der Waals surface area contributed by atoms with Gasteiger partial charge in [-0.05, 0) is 87.5 Å². The van der Waals surface area contributed by atoms with E-state index in [4.69, 9.17) is 16.3 Å². The SMILES string of the molecule is C/N=C(/Cl)C(=O)N(C1CCC(C(C)(C)C)CC1)[C@H](CCC(C)(C)C)C1=CC=C(C(=O)OC(C)C)CC1. The Morgan fingerprint density at radius 1 is 1.06 bits per heavy atom. The van der Waals surface area contributed by atoms with Crippen molar-refractivity contribution in [2.45, 2.75) is 125 Å². The van der Waals surface area contributed by atoms with Gasteiger partial charge in [-0.25, -0.2) is 4.79 Å². The first kappa shape index (κ1) is 30.6. The average Bonchev–Trinajstić information content (AvgIpc) is 2.79. The standard InChI is InChI=1S/C30H49ClN2O3/c1-20(2)36-28(35)22-12-10-21(11-13-22)25(18-19-29(3,4)5)33(27(34)26(31)32-9)24-16-14-23(15-17-24)30(6,7)8/h10,12,20,23-25H,11,13-19H2,1-9H3/b32-26+/t23?,24?,25-/m1/s1. The minimum atomic E-state index is -0.249. The fourth-order valence-corrected chi connectivity index (χ4v) is 5.55. The Labute approximate surface area is 224 Å². The van der Waals surface area contributed by atoms with Crippen molar-refractivity contribution in [3.8, 4) is 0 Å². The molecule has 0 spiro atoms. The van der Waals surface area contributed by atoms with Crippen LogP contribution >= 0.6 is 11.6 Å². The number of amides is 1. The van der Waals surface area contributed by atoms with Crippen molar-refractivity contribution in [2.75, 3.05) is 7.05 Å². The summed E-state index contributed by atoms with van der Waals surface area (Å²) in [6, 6.07) is 0.0658. The second-order valence-electron chi connectivity index (χ2n) is 13.1. The van der Waals surface area contributed by atoms with E-state index in [1.165, 1.54) is 5.57 Å². The summed E-state index contributed by atoms with van der Waals surface area (Å²) >= 11 is 6.38. The second kappa shape index (κ2) is 12.8. The molecular weight excluding hydrogens is 472 g/mol. The normalized spacial score (nSPS) is 22.6. The highest BCUT2D eigenvalue weighted by Gasteiger charge is 2.39. The zero-order valence-corrected chi connectivity index (χ0v) is 24.9. The van der Waals surface area contributed by atoms with Gasteiger partial charge in [-0.15, -0.1) is 0 Å². The molecule has 5 nitrogen and oxygen atoms in total. The summed E-state index contributed by atoms with van der Waals surface area (Å²) in [5.41, 5.74) is 2.29. The third-order valence-electron chi connectivity index (χ3n) is 7.64. The molecular formula is C30H49ClN2O3. The van der Waals surface area contributed by atoms with Crippen LogP contribution in [0.25, 0.3) is 0 Å². The Morgan fingerprint density at radius 3 is 2.11 bits per heavy atom. The molecule has 0 saturated heterocycles. The summed E-state index contributed by atoms with van der Waals surface area (Å²) in [7, 11) is 1.58. The summed E-state index contributed by atoms with van der Waals surface area (Å²) < 4.78 is 5.41. The summed E-state index contributed by atoms with van der Waals surface area (Å²) in [6.45, 7) is 17.4. The van der Waals surface area contributed by atoms with Gasteiger partial charge in [0.05, 0.1) is 12.1 Å². The van der Waals surface area contributed by atoms with E-state index in [2.05, 4.69) is 51.4 Å². The van der Waals surface area contributed by atoms with Crippen LogP contribution in [0.5, 0.6) is 0 Å². The Balaban J connectivity index is 2.42. The van der Waals surface area contributed by atoms with Crippen molar-refractivity contribution < 1.29 is 14.3 Å². The average molecular weight is 521 g/mol. The van der Waals surface area contributed by atoms with Gasteiger partial charge in [-0.1, -0.05) is 65.3 Å². The van der Waals surface area contributed by atoms with E-state index in [9.17, 15) is 9.59 Å². The molecule has 1 fully saturated rings. The number of halogens is 1. The highest BCUT2D eigenvalue weighted by atomic mass is 35.5.